The minimum Gasteiger partial charge on any atom is -0.330 e. The highest BCUT2D eigenvalue weighted by atomic mass is 32.1. The summed E-state index contributed by atoms with van der Waals surface area (Å²) in [5, 5.41) is 1.46. The predicted octanol–water partition coefficient (Wildman–Crippen LogP) is 4.06. The van der Waals surface area contributed by atoms with Crippen molar-refractivity contribution in [1.29, 1.82) is 0 Å². The summed E-state index contributed by atoms with van der Waals surface area (Å²) in [5.41, 5.74) is 7.57. The fraction of sp³-hybridized carbons (Fsp3) is 0.467. The van der Waals surface area contributed by atoms with E-state index in [1.807, 2.05) is 11.3 Å². The van der Waals surface area contributed by atoms with Crippen LogP contribution in [-0.2, 0) is 6.42 Å². The summed E-state index contributed by atoms with van der Waals surface area (Å²) in [4.78, 5) is 1.60. The summed E-state index contributed by atoms with van der Waals surface area (Å²) in [6.07, 6.45) is 6.57. The molecule has 2 aromatic rings. The summed E-state index contributed by atoms with van der Waals surface area (Å²) < 4.78 is 1.44. The van der Waals surface area contributed by atoms with Gasteiger partial charge in [-0.1, -0.05) is 31.0 Å². The van der Waals surface area contributed by atoms with Gasteiger partial charge in [-0.2, -0.15) is 0 Å². The third kappa shape index (κ3) is 2.00. The smallest absolute Gasteiger partial charge is 0.0348 e. The molecule has 1 aromatic heterocycles. The molecule has 0 radical (unpaired) electrons. The van der Waals surface area contributed by atoms with E-state index in [0.717, 1.165) is 6.54 Å². The second kappa shape index (κ2) is 4.79. The molecule has 1 aliphatic rings. The monoisotopic (exact) mass is 245 g/mol. The topological polar surface area (TPSA) is 26.0 Å². The molecule has 0 aliphatic heterocycles. The zero-order valence-corrected chi connectivity index (χ0v) is 10.9. The molecule has 2 heteroatoms. The van der Waals surface area contributed by atoms with E-state index in [4.69, 9.17) is 5.73 Å². The summed E-state index contributed by atoms with van der Waals surface area (Å²) in [5.74, 6) is 0.585. The van der Waals surface area contributed by atoms with Crippen LogP contribution in [-0.4, -0.2) is 6.54 Å². The van der Waals surface area contributed by atoms with Crippen LogP contribution in [0.4, 0.5) is 0 Å². The van der Waals surface area contributed by atoms with Crippen molar-refractivity contribution in [2.75, 3.05) is 6.54 Å². The summed E-state index contributed by atoms with van der Waals surface area (Å²) in [6.45, 7) is 0.799. The lowest BCUT2D eigenvalue weighted by Gasteiger charge is -2.19. The van der Waals surface area contributed by atoms with E-state index in [1.165, 1.54) is 42.2 Å². The van der Waals surface area contributed by atoms with Gasteiger partial charge in [-0.05, 0) is 48.7 Å². The Morgan fingerprint density at radius 2 is 2.06 bits per heavy atom. The second-order valence-corrected chi connectivity index (χ2v) is 6.10. The summed E-state index contributed by atoms with van der Waals surface area (Å²) in [7, 11) is 0. The molecule has 2 N–H and O–H groups in total. The lowest BCUT2D eigenvalue weighted by Crippen LogP contribution is -2.14. The van der Waals surface area contributed by atoms with Crippen LogP contribution in [0.15, 0.2) is 24.3 Å². The van der Waals surface area contributed by atoms with Crippen LogP contribution in [0.2, 0.25) is 0 Å². The molecule has 0 saturated heterocycles. The minimum atomic E-state index is 0.585. The number of hydrogen-bond donors (Lipinski definition) is 1. The maximum atomic E-state index is 5.99. The number of nitrogens with two attached hydrogens (primary N) is 1. The van der Waals surface area contributed by atoms with Gasteiger partial charge in [0.25, 0.3) is 0 Å². The molecular weight excluding hydrogens is 226 g/mol. The maximum Gasteiger partial charge on any atom is 0.0348 e. The Bertz CT molecular complexity index is 515. The summed E-state index contributed by atoms with van der Waals surface area (Å²) in [6, 6.07) is 8.82. The lowest BCUT2D eigenvalue weighted by molar-refractivity contribution is 0.546. The largest absolute Gasteiger partial charge is 0.330 e. The predicted molar refractivity (Wildman–Crippen MR) is 75.8 cm³/mol. The molecule has 1 atom stereocenters. The average molecular weight is 245 g/mol. The van der Waals surface area contributed by atoms with Crippen LogP contribution >= 0.6 is 11.3 Å². The first-order chi connectivity index (χ1) is 8.40. The van der Waals surface area contributed by atoms with Gasteiger partial charge < -0.3 is 5.73 Å². The number of thiophene rings is 1. The van der Waals surface area contributed by atoms with Gasteiger partial charge in [0, 0.05) is 9.58 Å². The van der Waals surface area contributed by atoms with E-state index in [2.05, 4.69) is 24.3 Å². The van der Waals surface area contributed by atoms with Gasteiger partial charge in [0.2, 0.25) is 0 Å². The Hall–Kier alpha value is -0.860. The van der Waals surface area contributed by atoms with E-state index >= 15 is 0 Å². The van der Waals surface area contributed by atoms with Crippen molar-refractivity contribution < 1.29 is 0 Å². The zero-order valence-electron chi connectivity index (χ0n) is 10.1. The number of aryl methyl sites for hydroxylation is 1. The van der Waals surface area contributed by atoms with E-state index < -0.39 is 0 Å². The van der Waals surface area contributed by atoms with Crippen LogP contribution in [0, 0.1) is 0 Å². The average Bonchev–Trinajstić information content (AvgIpc) is 2.68. The zero-order chi connectivity index (χ0) is 11.7. The highest BCUT2D eigenvalue weighted by molar-refractivity contribution is 7.19. The quantitative estimate of drug-likeness (QED) is 0.805. The molecule has 0 amide bonds. The van der Waals surface area contributed by atoms with Crippen LogP contribution < -0.4 is 5.73 Å². The maximum absolute atomic E-state index is 5.99. The molecule has 0 spiro atoms. The molecule has 0 bridgehead atoms. The minimum absolute atomic E-state index is 0.585. The molecule has 1 heterocycles. The molecule has 0 fully saturated rings. The Kier molecular flexibility index (Phi) is 3.17. The van der Waals surface area contributed by atoms with Crippen LogP contribution in [0.25, 0.3) is 10.1 Å². The molecule has 90 valence electrons. The van der Waals surface area contributed by atoms with Crippen molar-refractivity contribution in [3.63, 3.8) is 0 Å². The van der Waals surface area contributed by atoms with Crippen molar-refractivity contribution in [2.45, 2.75) is 38.0 Å². The van der Waals surface area contributed by atoms with Gasteiger partial charge >= 0.3 is 0 Å². The third-order valence-corrected chi connectivity index (χ3v) is 5.11. The molecular formula is C15H19NS. The highest BCUT2D eigenvalue weighted by Gasteiger charge is 2.21. The number of rotatable bonds is 1. The number of fused-ring (bicyclic) bond motifs is 3. The van der Waals surface area contributed by atoms with Crippen molar-refractivity contribution in [2.24, 2.45) is 5.73 Å². The van der Waals surface area contributed by atoms with Gasteiger partial charge in [0.05, 0.1) is 0 Å². The van der Waals surface area contributed by atoms with E-state index in [-0.39, 0.29) is 0 Å². The second-order valence-electron chi connectivity index (χ2n) is 4.97. The number of benzene rings is 1. The van der Waals surface area contributed by atoms with Gasteiger partial charge in [0.15, 0.2) is 0 Å². The Morgan fingerprint density at radius 3 is 2.94 bits per heavy atom. The van der Waals surface area contributed by atoms with Crippen molar-refractivity contribution in [3.8, 4) is 0 Å². The SMILES string of the molecule is NCC1CCCCCc2sc3ccccc3c21. The molecule has 1 aliphatic carbocycles. The molecule has 17 heavy (non-hydrogen) atoms. The third-order valence-electron chi connectivity index (χ3n) is 3.86. The highest BCUT2D eigenvalue weighted by Crippen LogP contribution is 2.40. The van der Waals surface area contributed by atoms with E-state index in [9.17, 15) is 0 Å². The molecule has 0 saturated carbocycles. The molecule has 1 nitrogen and oxygen atoms in total. The Morgan fingerprint density at radius 1 is 1.18 bits per heavy atom. The first-order valence-corrected chi connectivity index (χ1v) is 7.42. The Labute approximate surface area is 107 Å². The van der Waals surface area contributed by atoms with Crippen molar-refractivity contribution in [1.82, 2.24) is 0 Å². The van der Waals surface area contributed by atoms with Gasteiger partial charge in [-0.3, -0.25) is 0 Å². The summed E-state index contributed by atoms with van der Waals surface area (Å²) >= 11 is 1.99. The molecule has 1 unspecified atom stereocenters. The first kappa shape index (κ1) is 11.2. The van der Waals surface area contributed by atoms with Crippen LogP contribution in [0.3, 0.4) is 0 Å². The fourth-order valence-electron chi connectivity index (χ4n) is 2.98. The molecule has 3 rings (SSSR count). The lowest BCUT2D eigenvalue weighted by atomic mass is 9.87. The molecule has 1 aromatic carbocycles. The van der Waals surface area contributed by atoms with Gasteiger partial charge in [0.1, 0.15) is 0 Å². The number of hydrogen-bond acceptors (Lipinski definition) is 2. The normalized spacial score (nSPS) is 20.9. The van der Waals surface area contributed by atoms with Crippen molar-refractivity contribution >= 4 is 21.4 Å². The van der Waals surface area contributed by atoms with E-state index in [1.54, 1.807) is 10.4 Å². The van der Waals surface area contributed by atoms with Crippen LogP contribution in [0.5, 0.6) is 0 Å². The van der Waals surface area contributed by atoms with E-state index in [0.29, 0.717) is 5.92 Å². The fourth-order valence-corrected chi connectivity index (χ4v) is 4.32. The van der Waals surface area contributed by atoms with Crippen LogP contribution in [0.1, 0.15) is 42.0 Å². The van der Waals surface area contributed by atoms with Gasteiger partial charge in [-0.25, -0.2) is 0 Å². The van der Waals surface area contributed by atoms with Gasteiger partial charge in [-0.15, -0.1) is 11.3 Å². The standard InChI is InChI=1S/C15H19NS/c16-10-11-6-2-1-3-9-14-15(11)12-7-4-5-8-13(12)17-14/h4-5,7-8,11H,1-3,6,9-10,16H2. The Balaban J connectivity index is 2.18. The van der Waals surface area contributed by atoms with Crippen molar-refractivity contribution in [3.05, 3.63) is 34.7 Å². The first-order valence-electron chi connectivity index (χ1n) is 6.60.